The van der Waals surface area contributed by atoms with E-state index in [-0.39, 0.29) is 10.8 Å². The van der Waals surface area contributed by atoms with Crippen LogP contribution >= 0.6 is 0 Å². The van der Waals surface area contributed by atoms with E-state index in [1.807, 2.05) is 0 Å². The van der Waals surface area contributed by atoms with Gasteiger partial charge in [0.05, 0.1) is 0 Å². The highest BCUT2D eigenvalue weighted by molar-refractivity contribution is 6.22. The van der Waals surface area contributed by atoms with Crippen molar-refractivity contribution >= 4 is 21.5 Å². The molecule has 3 aliphatic carbocycles. The van der Waals surface area contributed by atoms with E-state index in [4.69, 9.17) is 0 Å². The Labute approximate surface area is 293 Å². The first kappa shape index (κ1) is 28.2. The molecule has 50 heavy (non-hydrogen) atoms. The Hall–Kier alpha value is -5.72. The Morgan fingerprint density at radius 3 is 1.66 bits per heavy atom. The number of benzene rings is 8. The van der Waals surface area contributed by atoms with E-state index < -0.39 is 0 Å². The molecule has 0 aliphatic heterocycles. The summed E-state index contributed by atoms with van der Waals surface area (Å²) in [6, 6.07) is 55.3. The Bertz CT molecular complexity index is 2780. The maximum atomic E-state index is 2.51. The van der Waals surface area contributed by atoms with Crippen molar-refractivity contribution in [1.82, 2.24) is 0 Å². The molecule has 0 heterocycles. The van der Waals surface area contributed by atoms with Crippen LogP contribution in [0.2, 0.25) is 0 Å². The third-order valence-corrected chi connectivity index (χ3v) is 12.4. The zero-order valence-corrected chi connectivity index (χ0v) is 28.9. The lowest BCUT2D eigenvalue weighted by atomic mass is 9.79. The van der Waals surface area contributed by atoms with Gasteiger partial charge in [-0.05, 0) is 135 Å². The van der Waals surface area contributed by atoms with Crippen LogP contribution in [-0.4, -0.2) is 0 Å². The van der Waals surface area contributed by atoms with Gasteiger partial charge in [0.1, 0.15) is 0 Å². The summed E-state index contributed by atoms with van der Waals surface area (Å²) in [5.41, 5.74) is 21.7. The van der Waals surface area contributed by atoms with E-state index in [0.29, 0.717) is 0 Å². The Morgan fingerprint density at radius 1 is 0.320 bits per heavy atom. The van der Waals surface area contributed by atoms with Gasteiger partial charge in [-0.1, -0.05) is 149 Å². The van der Waals surface area contributed by atoms with Crippen molar-refractivity contribution in [3.8, 4) is 66.8 Å². The van der Waals surface area contributed by atoms with E-state index in [9.17, 15) is 0 Å². The van der Waals surface area contributed by atoms with Crippen LogP contribution in [0.15, 0.2) is 146 Å². The van der Waals surface area contributed by atoms with E-state index in [1.54, 1.807) is 0 Å². The first-order valence-electron chi connectivity index (χ1n) is 17.9. The summed E-state index contributed by atoms with van der Waals surface area (Å²) in [7, 11) is 0. The molecule has 0 atom stereocenters. The van der Waals surface area contributed by atoms with Gasteiger partial charge in [-0.15, -0.1) is 0 Å². The van der Waals surface area contributed by atoms with Gasteiger partial charge in [0, 0.05) is 10.8 Å². The molecule has 0 heteroatoms. The van der Waals surface area contributed by atoms with E-state index in [2.05, 4.69) is 173 Å². The van der Waals surface area contributed by atoms with Gasteiger partial charge in [-0.2, -0.15) is 0 Å². The summed E-state index contributed by atoms with van der Waals surface area (Å²) >= 11 is 0. The lowest BCUT2D eigenvalue weighted by molar-refractivity contribution is 0.652. The molecule has 0 spiro atoms. The molecule has 0 nitrogen and oxygen atoms in total. The fourth-order valence-electron chi connectivity index (χ4n) is 9.85. The summed E-state index contributed by atoms with van der Waals surface area (Å²) in [6.07, 6.45) is 0. The highest BCUT2D eigenvalue weighted by Crippen LogP contribution is 2.57. The largest absolute Gasteiger partial charge is 0.0619 e. The molecule has 0 fully saturated rings. The molecule has 0 amide bonds. The molecule has 236 valence electrons. The van der Waals surface area contributed by atoms with Crippen molar-refractivity contribution in [2.45, 2.75) is 38.5 Å². The molecule has 0 saturated heterocycles. The lowest BCUT2D eigenvalue weighted by Crippen LogP contribution is -2.17. The average Bonchev–Trinajstić information content (AvgIpc) is 3.67. The van der Waals surface area contributed by atoms with Crippen molar-refractivity contribution in [1.29, 1.82) is 0 Å². The van der Waals surface area contributed by atoms with Crippen LogP contribution in [0.5, 0.6) is 0 Å². The molecule has 0 saturated carbocycles. The molecule has 0 radical (unpaired) electrons. The average molecular weight is 637 g/mol. The molecular weight excluding hydrogens is 601 g/mol. The number of fused-ring (bicyclic) bond motifs is 10. The summed E-state index contributed by atoms with van der Waals surface area (Å²) in [5, 5.41) is 5.27. The number of hydrogen-bond acceptors (Lipinski definition) is 0. The molecule has 0 aromatic heterocycles. The van der Waals surface area contributed by atoms with Crippen LogP contribution in [-0.2, 0) is 10.8 Å². The number of hydrogen-bond donors (Lipinski definition) is 0. The molecule has 8 aromatic rings. The minimum absolute atomic E-state index is 0.00492. The topological polar surface area (TPSA) is 0 Å². The second-order valence-corrected chi connectivity index (χ2v) is 15.7. The highest BCUT2D eigenvalue weighted by atomic mass is 14.4. The first-order valence-corrected chi connectivity index (χ1v) is 17.9. The van der Waals surface area contributed by atoms with E-state index in [0.717, 1.165) is 0 Å². The van der Waals surface area contributed by atoms with Gasteiger partial charge >= 0.3 is 0 Å². The highest BCUT2D eigenvalue weighted by Gasteiger charge is 2.41. The standard InChI is InChI=1S/C50H36/c1-49(2)42-18-8-7-15-35(42)39-27-45-40(28-44(39)49)36-24-23-32(26-43(36)50(45,3)4)29-19-21-31(22-20-29)47-34-14-6-5-11-33(34)25-41-37-16-9-12-30-13-10-17-38(46(30)37)48(41)47/h5-28H,1-4H3. The third kappa shape index (κ3) is 3.51. The number of rotatable bonds is 2. The SMILES string of the molecule is CC1(C)c2ccccc2-c2cc3c(cc21)-c1ccc(-c2ccc(-c4c5c(cc6ccccc46)-c4cccc6cccc-5c46)cc2)cc1C3(C)C. The van der Waals surface area contributed by atoms with Crippen molar-refractivity contribution in [2.75, 3.05) is 0 Å². The zero-order valence-electron chi connectivity index (χ0n) is 28.9. The minimum Gasteiger partial charge on any atom is -0.0619 e. The second-order valence-electron chi connectivity index (χ2n) is 15.7. The molecule has 8 aromatic carbocycles. The van der Waals surface area contributed by atoms with E-state index in [1.165, 1.54) is 111 Å². The maximum absolute atomic E-state index is 2.51. The second kappa shape index (κ2) is 9.49. The molecule has 0 bridgehead atoms. The van der Waals surface area contributed by atoms with Gasteiger partial charge in [-0.3, -0.25) is 0 Å². The minimum atomic E-state index is -0.0865. The van der Waals surface area contributed by atoms with Crippen molar-refractivity contribution in [3.63, 3.8) is 0 Å². The quantitative estimate of drug-likeness (QED) is 0.177. The van der Waals surface area contributed by atoms with Crippen molar-refractivity contribution in [2.24, 2.45) is 0 Å². The molecule has 11 rings (SSSR count). The molecule has 0 unspecified atom stereocenters. The van der Waals surface area contributed by atoms with Gasteiger partial charge < -0.3 is 0 Å². The first-order chi connectivity index (χ1) is 24.3. The summed E-state index contributed by atoms with van der Waals surface area (Å²) in [5.74, 6) is 0. The van der Waals surface area contributed by atoms with E-state index >= 15 is 0 Å². The Morgan fingerprint density at radius 2 is 0.880 bits per heavy atom. The normalized spacial score (nSPS) is 15.1. The third-order valence-electron chi connectivity index (χ3n) is 12.4. The maximum Gasteiger partial charge on any atom is 0.0159 e. The van der Waals surface area contributed by atoms with Crippen LogP contribution in [0.3, 0.4) is 0 Å². The van der Waals surface area contributed by atoms with Crippen LogP contribution in [0, 0.1) is 0 Å². The summed E-state index contributed by atoms with van der Waals surface area (Å²) in [4.78, 5) is 0. The fraction of sp³-hybridized carbons (Fsp3) is 0.120. The van der Waals surface area contributed by atoms with Crippen LogP contribution < -0.4 is 0 Å². The van der Waals surface area contributed by atoms with Crippen molar-refractivity contribution < 1.29 is 0 Å². The van der Waals surface area contributed by atoms with Crippen LogP contribution in [0.25, 0.3) is 88.3 Å². The zero-order chi connectivity index (χ0) is 33.5. The van der Waals surface area contributed by atoms with Crippen LogP contribution in [0.4, 0.5) is 0 Å². The Kier molecular flexibility index (Phi) is 5.34. The van der Waals surface area contributed by atoms with Gasteiger partial charge in [-0.25, -0.2) is 0 Å². The van der Waals surface area contributed by atoms with Gasteiger partial charge in [0.2, 0.25) is 0 Å². The van der Waals surface area contributed by atoms with Gasteiger partial charge in [0.15, 0.2) is 0 Å². The summed E-state index contributed by atoms with van der Waals surface area (Å²) in [6.45, 7) is 9.57. The molecule has 0 N–H and O–H groups in total. The predicted molar refractivity (Wildman–Crippen MR) is 212 cm³/mol. The van der Waals surface area contributed by atoms with Crippen molar-refractivity contribution in [3.05, 3.63) is 168 Å². The molecule has 3 aliphatic rings. The van der Waals surface area contributed by atoms with Crippen LogP contribution in [0.1, 0.15) is 49.9 Å². The fourth-order valence-corrected chi connectivity index (χ4v) is 9.85. The Balaban J connectivity index is 1.03. The van der Waals surface area contributed by atoms with Gasteiger partial charge in [0.25, 0.3) is 0 Å². The lowest BCUT2D eigenvalue weighted by Gasteiger charge is -2.24. The predicted octanol–water partition coefficient (Wildman–Crippen LogP) is 13.6. The molecular formula is C50H36. The monoisotopic (exact) mass is 636 g/mol. The smallest absolute Gasteiger partial charge is 0.0159 e. The summed E-state index contributed by atoms with van der Waals surface area (Å²) < 4.78 is 0.